The summed E-state index contributed by atoms with van der Waals surface area (Å²) in [5.74, 6) is 0.873. The lowest BCUT2D eigenvalue weighted by Gasteiger charge is -2.23. The molecular formula is C18H20ClN5. The van der Waals surface area contributed by atoms with Crippen LogP contribution in [0.1, 0.15) is 37.7 Å². The van der Waals surface area contributed by atoms with Crippen molar-refractivity contribution in [2.45, 2.75) is 45.1 Å². The third-order valence-corrected chi connectivity index (χ3v) is 4.95. The Labute approximate surface area is 146 Å². The van der Waals surface area contributed by atoms with Gasteiger partial charge >= 0.3 is 0 Å². The zero-order valence-corrected chi connectivity index (χ0v) is 14.4. The zero-order valence-electron chi connectivity index (χ0n) is 13.7. The monoisotopic (exact) mass is 341 g/mol. The van der Waals surface area contributed by atoms with Crippen molar-refractivity contribution in [3.8, 4) is 5.69 Å². The van der Waals surface area contributed by atoms with Crippen molar-refractivity contribution in [1.29, 1.82) is 0 Å². The van der Waals surface area contributed by atoms with Crippen LogP contribution in [0.4, 0.5) is 5.82 Å². The minimum atomic E-state index is 0.494. The second-order valence-electron chi connectivity index (χ2n) is 6.43. The molecule has 0 atom stereocenters. The maximum atomic E-state index is 6.16. The highest BCUT2D eigenvalue weighted by atomic mass is 35.5. The molecule has 0 bridgehead atoms. The second-order valence-corrected chi connectivity index (χ2v) is 6.86. The molecule has 0 saturated heterocycles. The van der Waals surface area contributed by atoms with E-state index in [4.69, 9.17) is 11.6 Å². The summed E-state index contributed by atoms with van der Waals surface area (Å²) in [6, 6.07) is 6.29. The number of fused-ring (bicyclic) bond motifs is 1. The van der Waals surface area contributed by atoms with Gasteiger partial charge in [-0.2, -0.15) is 5.10 Å². The molecule has 0 amide bonds. The van der Waals surface area contributed by atoms with Crippen LogP contribution in [0.5, 0.6) is 0 Å². The summed E-state index contributed by atoms with van der Waals surface area (Å²) in [7, 11) is 0. The number of aromatic nitrogens is 4. The van der Waals surface area contributed by atoms with Crippen molar-refractivity contribution >= 4 is 28.5 Å². The third-order valence-electron chi connectivity index (χ3n) is 4.71. The number of halogens is 1. The number of nitrogens with zero attached hydrogens (tertiary/aromatic N) is 4. The van der Waals surface area contributed by atoms with Gasteiger partial charge in [0, 0.05) is 11.1 Å². The van der Waals surface area contributed by atoms with Crippen molar-refractivity contribution in [2.75, 3.05) is 5.32 Å². The van der Waals surface area contributed by atoms with Gasteiger partial charge in [-0.25, -0.2) is 14.6 Å². The summed E-state index contributed by atoms with van der Waals surface area (Å²) in [5.41, 5.74) is 2.85. The third kappa shape index (κ3) is 2.84. The Bertz CT molecular complexity index is 867. The van der Waals surface area contributed by atoms with Crippen LogP contribution < -0.4 is 5.32 Å². The molecule has 1 aromatic carbocycles. The van der Waals surface area contributed by atoms with E-state index in [2.05, 4.69) is 20.4 Å². The standard InChI is InChI=1S/C18H20ClN5/c1-12-7-8-13(19)9-16(12)24-18-15(10-22-24)17(20-11-21-18)23-14-5-3-2-4-6-14/h7-11,14H,2-6H2,1H3,(H,20,21,23). The van der Waals surface area contributed by atoms with Gasteiger partial charge in [0.2, 0.25) is 0 Å². The highest BCUT2D eigenvalue weighted by molar-refractivity contribution is 6.30. The molecule has 0 unspecified atom stereocenters. The van der Waals surface area contributed by atoms with Gasteiger partial charge in [0.05, 0.1) is 17.3 Å². The lowest BCUT2D eigenvalue weighted by Crippen LogP contribution is -2.22. The molecule has 0 radical (unpaired) electrons. The molecule has 6 heteroatoms. The van der Waals surface area contributed by atoms with Crippen molar-refractivity contribution in [1.82, 2.24) is 19.7 Å². The summed E-state index contributed by atoms with van der Waals surface area (Å²) in [6.45, 7) is 2.04. The molecule has 2 heterocycles. The SMILES string of the molecule is Cc1ccc(Cl)cc1-n1ncc2c(NC3CCCCC3)ncnc21. The van der Waals surface area contributed by atoms with Crippen molar-refractivity contribution < 1.29 is 0 Å². The van der Waals surface area contributed by atoms with E-state index < -0.39 is 0 Å². The van der Waals surface area contributed by atoms with Gasteiger partial charge in [0.15, 0.2) is 5.65 Å². The maximum absolute atomic E-state index is 6.16. The normalized spacial score (nSPS) is 15.8. The summed E-state index contributed by atoms with van der Waals surface area (Å²) in [6.07, 6.45) is 9.75. The van der Waals surface area contributed by atoms with E-state index in [1.54, 1.807) is 6.33 Å². The van der Waals surface area contributed by atoms with Gasteiger partial charge in [0.1, 0.15) is 12.1 Å². The molecule has 0 aliphatic heterocycles. The van der Waals surface area contributed by atoms with Crippen molar-refractivity contribution in [3.63, 3.8) is 0 Å². The van der Waals surface area contributed by atoms with Gasteiger partial charge in [-0.05, 0) is 37.5 Å². The van der Waals surface area contributed by atoms with Crippen LogP contribution in [0.3, 0.4) is 0 Å². The molecule has 1 aliphatic carbocycles. The van der Waals surface area contributed by atoms with E-state index in [-0.39, 0.29) is 0 Å². The van der Waals surface area contributed by atoms with Crippen molar-refractivity contribution in [3.05, 3.63) is 41.3 Å². The first-order valence-electron chi connectivity index (χ1n) is 8.44. The summed E-state index contributed by atoms with van der Waals surface area (Å²) < 4.78 is 1.84. The fourth-order valence-electron chi connectivity index (χ4n) is 3.39. The average Bonchev–Trinajstić information content (AvgIpc) is 3.03. The van der Waals surface area contributed by atoms with E-state index in [9.17, 15) is 0 Å². The van der Waals surface area contributed by atoms with Crippen molar-refractivity contribution in [2.24, 2.45) is 0 Å². The van der Waals surface area contributed by atoms with Crippen LogP contribution in [0.25, 0.3) is 16.7 Å². The largest absolute Gasteiger partial charge is 0.367 e. The van der Waals surface area contributed by atoms with Gasteiger partial charge in [0.25, 0.3) is 0 Å². The number of anilines is 1. The summed E-state index contributed by atoms with van der Waals surface area (Å²) in [5, 5.41) is 9.76. The lowest BCUT2D eigenvalue weighted by atomic mass is 9.95. The minimum absolute atomic E-state index is 0.494. The van der Waals surface area contributed by atoms with Crippen LogP contribution in [0.15, 0.2) is 30.7 Å². The van der Waals surface area contributed by atoms with Gasteiger partial charge in [-0.15, -0.1) is 0 Å². The van der Waals surface area contributed by atoms with E-state index in [1.165, 1.54) is 32.1 Å². The van der Waals surface area contributed by atoms with E-state index in [0.29, 0.717) is 11.1 Å². The number of aryl methyl sites for hydroxylation is 1. The molecule has 1 N–H and O–H groups in total. The molecule has 1 saturated carbocycles. The lowest BCUT2D eigenvalue weighted by molar-refractivity contribution is 0.462. The zero-order chi connectivity index (χ0) is 16.5. The quantitative estimate of drug-likeness (QED) is 0.760. The van der Waals surface area contributed by atoms with E-state index in [0.717, 1.165) is 28.1 Å². The number of rotatable bonds is 3. The minimum Gasteiger partial charge on any atom is -0.367 e. The van der Waals surface area contributed by atoms with Crippen LogP contribution in [-0.4, -0.2) is 25.8 Å². The molecule has 124 valence electrons. The Morgan fingerprint density at radius 1 is 1.17 bits per heavy atom. The molecule has 4 rings (SSSR count). The first-order chi connectivity index (χ1) is 11.7. The fraction of sp³-hybridized carbons (Fsp3) is 0.389. The fourth-order valence-corrected chi connectivity index (χ4v) is 3.55. The molecule has 5 nitrogen and oxygen atoms in total. The van der Waals surface area contributed by atoms with Gasteiger partial charge < -0.3 is 5.32 Å². The number of hydrogen-bond donors (Lipinski definition) is 1. The highest BCUT2D eigenvalue weighted by Crippen LogP contribution is 2.27. The Kier molecular flexibility index (Phi) is 4.10. The van der Waals surface area contributed by atoms with Gasteiger partial charge in [-0.3, -0.25) is 0 Å². The molecule has 1 aliphatic rings. The number of benzene rings is 1. The van der Waals surface area contributed by atoms with E-state index >= 15 is 0 Å². The van der Waals surface area contributed by atoms with Crippen LogP contribution in [0, 0.1) is 6.92 Å². The Morgan fingerprint density at radius 3 is 2.83 bits per heavy atom. The van der Waals surface area contributed by atoms with Crippen LogP contribution in [-0.2, 0) is 0 Å². The Morgan fingerprint density at radius 2 is 2.00 bits per heavy atom. The topological polar surface area (TPSA) is 55.6 Å². The summed E-state index contributed by atoms with van der Waals surface area (Å²) >= 11 is 6.16. The molecule has 1 fully saturated rings. The predicted molar refractivity (Wildman–Crippen MR) is 96.9 cm³/mol. The molecule has 3 aromatic rings. The molecule has 24 heavy (non-hydrogen) atoms. The second kappa shape index (κ2) is 6.40. The number of nitrogens with one attached hydrogen (secondary N) is 1. The van der Waals surface area contributed by atoms with Gasteiger partial charge in [-0.1, -0.05) is 36.9 Å². The summed E-state index contributed by atoms with van der Waals surface area (Å²) in [4.78, 5) is 8.89. The average molecular weight is 342 g/mol. The maximum Gasteiger partial charge on any atom is 0.168 e. The predicted octanol–water partition coefficient (Wildman–Crippen LogP) is 4.52. The Balaban J connectivity index is 1.74. The molecular weight excluding hydrogens is 322 g/mol. The Hall–Kier alpha value is -2.14. The first kappa shape index (κ1) is 15.4. The smallest absolute Gasteiger partial charge is 0.168 e. The van der Waals surface area contributed by atoms with E-state index in [1.807, 2.05) is 36.0 Å². The number of hydrogen-bond acceptors (Lipinski definition) is 4. The molecule has 2 aromatic heterocycles. The van der Waals surface area contributed by atoms with Crippen LogP contribution >= 0.6 is 11.6 Å². The first-order valence-corrected chi connectivity index (χ1v) is 8.82. The van der Waals surface area contributed by atoms with Crippen LogP contribution in [0.2, 0.25) is 5.02 Å². The highest BCUT2D eigenvalue weighted by Gasteiger charge is 2.17. The molecule has 0 spiro atoms.